The van der Waals surface area contributed by atoms with Gasteiger partial charge in [-0.05, 0) is 30.2 Å². The van der Waals surface area contributed by atoms with E-state index in [1.54, 1.807) is 6.07 Å². The average Bonchev–Trinajstić information content (AvgIpc) is 2.74. The molecule has 0 spiro atoms. The highest BCUT2D eigenvalue weighted by Gasteiger charge is 2.32. The van der Waals surface area contributed by atoms with Crippen molar-refractivity contribution in [2.75, 3.05) is 11.6 Å². The molecule has 0 saturated carbocycles. The molecule has 114 valence electrons. The van der Waals surface area contributed by atoms with E-state index in [9.17, 15) is 13.2 Å². The Labute approximate surface area is 129 Å². The summed E-state index contributed by atoms with van der Waals surface area (Å²) in [5.74, 6) is -0.360. The second-order valence-corrected chi connectivity index (χ2v) is 7.26. The van der Waals surface area contributed by atoms with E-state index in [0.29, 0.717) is 11.3 Å². The van der Waals surface area contributed by atoms with E-state index >= 15 is 0 Å². The SMILES string of the molecule is Cc1ccc(-c2ccc3c(c2)[C@H](NS(C)(=O)=O)C(=O)N3)cc1. The molecule has 1 aliphatic rings. The molecule has 0 aliphatic carbocycles. The first-order valence-corrected chi connectivity index (χ1v) is 8.72. The molecular weight excluding hydrogens is 300 g/mol. The number of hydrogen-bond donors (Lipinski definition) is 2. The molecule has 2 aromatic rings. The Morgan fingerprint density at radius 3 is 2.32 bits per heavy atom. The van der Waals surface area contributed by atoms with Crippen LogP contribution < -0.4 is 10.0 Å². The van der Waals surface area contributed by atoms with Crippen molar-refractivity contribution in [3.05, 3.63) is 53.6 Å². The number of amides is 1. The van der Waals surface area contributed by atoms with Crippen LogP contribution in [0.25, 0.3) is 11.1 Å². The summed E-state index contributed by atoms with van der Waals surface area (Å²) in [5, 5.41) is 2.69. The lowest BCUT2D eigenvalue weighted by Crippen LogP contribution is -2.31. The molecule has 22 heavy (non-hydrogen) atoms. The van der Waals surface area contributed by atoms with Crippen molar-refractivity contribution in [2.24, 2.45) is 0 Å². The standard InChI is InChI=1S/C16H16N2O3S/c1-10-3-5-11(6-4-10)12-7-8-14-13(9-12)15(16(19)17-14)18-22(2,20)21/h3-9,15,18H,1-2H3,(H,17,19)/t15-/m0/s1. The number of fused-ring (bicyclic) bond motifs is 1. The first-order chi connectivity index (χ1) is 10.3. The Balaban J connectivity index is 2.02. The van der Waals surface area contributed by atoms with Crippen molar-refractivity contribution in [2.45, 2.75) is 13.0 Å². The van der Waals surface area contributed by atoms with Crippen LogP contribution in [-0.4, -0.2) is 20.6 Å². The fraction of sp³-hybridized carbons (Fsp3) is 0.188. The fourth-order valence-corrected chi connectivity index (χ4v) is 3.18. The minimum absolute atomic E-state index is 0.360. The predicted molar refractivity (Wildman–Crippen MR) is 86.0 cm³/mol. The Morgan fingerprint density at radius 1 is 1.05 bits per heavy atom. The van der Waals surface area contributed by atoms with Gasteiger partial charge in [-0.2, -0.15) is 4.72 Å². The Morgan fingerprint density at radius 2 is 1.68 bits per heavy atom. The largest absolute Gasteiger partial charge is 0.324 e. The van der Waals surface area contributed by atoms with Gasteiger partial charge in [0.25, 0.3) is 0 Å². The molecule has 5 nitrogen and oxygen atoms in total. The highest BCUT2D eigenvalue weighted by atomic mass is 32.2. The molecule has 0 unspecified atom stereocenters. The van der Waals surface area contributed by atoms with Crippen LogP contribution in [0.2, 0.25) is 0 Å². The molecule has 1 aliphatic heterocycles. The van der Waals surface area contributed by atoms with E-state index in [1.807, 2.05) is 43.3 Å². The second-order valence-electron chi connectivity index (χ2n) is 5.48. The summed E-state index contributed by atoms with van der Waals surface area (Å²) in [5.41, 5.74) is 4.41. The third kappa shape index (κ3) is 2.88. The van der Waals surface area contributed by atoms with E-state index in [1.165, 1.54) is 5.56 Å². The van der Waals surface area contributed by atoms with Gasteiger partial charge in [0.05, 0.1) is 6.26 Å². The monoisotopic (exact) mass is 316 g/mol. The molecule has 1 amide bonds. The zero-order valence-electron chi connectivity index (χ0n) is 12.3. The van der Waals surface area contributed by atoms with Gasteiger partial charge < -0.3 is 5.32 Å². The zero-order chi connectivity index (χ0) is 15.9. The lowest BCUT2D eigenvalue weighted by Gasteiger charge is -2.11. The van der Waals surface area contributed by atoms with Gasteiger partial charge in [0, 0.05) is 11.3 Å². The first-order valence-electron chi connectivity index (χ1n) is 6.83. The van der Waals surface area contributed by atoms with Crippen LogP contribution in [0.1, 0.15) is 17.2 Å². The van der Waals surface area contributed by atoms with Crippen LogP contribution in [-0.2, 0) is 14.8 Å². The smallest absolute Gasteiger partial charge is 0.247 e. The van der Waals surface area contributed by atoms with Gasteiger partial charge in [0.2, 0.25) is 15.9 Å². The number of carbonyl (C=O) groups is 1. The van der Waals surface area contributed by atoms with Crippen molar-refractivity contribution in [3.63, 3.8) is 0 Å². The predicted octanol–water partition coefficient (Wildman–Crippen LogP) is 2.20. The van der Waals surface area contributed by atoms with Crippen molar-refractivity contribution in [1.82, 2.24) is 4.72 Å². The third-order valence-electron chi connectivity index (χ3n) is 3.60. The molecule has 3 rings (SSSR count). The number of rotatable bonds is 3. The number of sulfonamides is 1. The van der Waals surface area contributed by atoms with E-state index in [0.717, 1.165) is 17.4 Å². The number of hydrogen-bond acceptors (Lipinski definition) is 3. The minimum atomic E-state index is -3.48. The van der Waals surface area contributed by atoms with Gasteiger partial charge in [-0.25, -0.2) is 8.42 Å². The number of nitrogens with one attached hydrogen (secondary N) is 2. The van der Waals surface area contributed by atoms with Gasteiger partial charge in [-0.3, -0.25) is 4.79 Å². The second kappa shape index (κ2) is 5.23. The van der Waals surface area contributed by atoms with Crippen molar-refractivity contribution >= 4 is 21.6 Å². The van der Waals surface area contributed by atoms with Crippen molar-refractivity contribution in [3.8, 4) is 11.1 Å². The number of carbonyl (C=O) groups excluding carboxylic acids is 1. The van der Waals surface area contributed by atoms with Gasteiger partial charge in [-0.15, -0.1) is 0 Å². The summed E-state index contributed by atoms with van der Waals surface area (Å²) in [6.45, 7) is 2.01. The molecule has 0 aromatic heterocycles. The van der Waals surface area contributed by atoms with Crippen molar-refractivity contribution in [1.29, 1.82) is 0 Å². The summed E-state index contributed by atoms with van der Waals surface area (Å²) in [6, 6.07) is 12.7. The summed E-state index contributed by atoms with van der Waals surface area (Å²) in [6.07, 6.45) is 1.04. The normalized spacial score (nSPS) is 17.2. The van der Waals surface area contributed by atoms with Gasteiger partial charge >= 0.3 is 0 Å². The molecule has 2 N–H and O–H groups in total. The highest BCUT2D eigenvalue weighted by molar-refractivity contribution is 7.88. The van der Waals surface area contributed by atoms with Crippen LogP contribution in [0.3, 0.4) is 0 Å². The topological polar surface area (TPSA) is 75.3 Å². The average molecular weight is 316 g/mol. The maximum Gasteiger partial charge on any atom is 0.247 e. The Kier molecular flexibility index (Phi) is 3.50. The molecule has 6 heteroatoms. The van der Waals surface area contributed by atoms with Crippen LogP contribution in [0, 0.1) is 6.92 Å². The van der Waals surface area contributed by atoms with E-state index in [2.05, 4.69) is 10.0 Å². The summed E-state index contributed by atoms with van der Waals surface area (Å²) in [7, 11) is -3.48. The quantitative estimate of drug-likeness (QED) is 0.911. The Hall–Kier alpha value is -2.18. The summed E-state index contributed by atoms with van der Waals surface area (Å²) in [4.78, 5) is 12.0. The number of anilines is 1. The third-order valence-corrected chi connectivity index (χ3v) is 4.26. The van der Waals surface area contributed by atoms with Crippen LogP contribution in [0.5, 0.6) is 0 Å². The number of aryl methyl sites for hydroxylation is 1. The minimum Gasteiger partial charge on any atom is -0.324 e. The van der Waals surface area contributed by atoms with E-state index < -0.39 is 16.1 Å². The maximum atomic E-state index is 12.0. The Bertz CT molecular complexity index is 842. The van der Waals surface area contributed by atoms with E-state index in [-0.39, 0.29) is 5.91 Å². The molecule has 2 aromatic carbocycles. The van der Waals surface area contributed by atoms with Crippen LogP contribution >= 0.6 is 0 Å². The molecular formula is C16H16N2O3S. The van der Waals surface area contributed by atoms with Crippen molar-refractivity contribution < 1.29 is 13.2 Å². The lowest BCUT2D eigenvalue weighted by atomic mass is 9.99. The summed E-state index contributed by atoms with van der Waals surface area (Å²) < 4.78 is 25.3. The molecule has 1 atom stereocenters. The fourth-order valence-electron chi connectivity index (χ4n) is 2.52. The van der Waals surface area contributed by atoms with Crippen LogP contribution in [0.4, 0.5) is 5.69 Å². The molecule has 0 fully saturated rings. The molecule has 1 heterocycles. The summed E-state index contributed by atoms with van der Waals surface area (Å²) >= 11 is 0. The van der Waals surface area contributed by atoms with Gasteiger partial charge in [0.1, 0.15) is 6.04 Å². The first kappa shape index (κ1) is 14.7. The highest BCUT2D eigenvalue weighted by Crippen LogP contribution is 2.34. The molecule has 0 radical (unpaired) electrons. The number of benzene rings is 2. The zero-order valence-corrected chi connectivity index (χ0v) is 13.1. The molecule has 0 saturated heterocycles. The molecule has 0 bridgehead atoms. The maximum absolute atomic E-state index is 12.0. The van der Waals surface area contributed by atoms with Gasteiger partial charge in [0.15, 0.2) is 0 Å². The van der Waals surface area contributed by atoms with Crippen LogP contribution in [0.15, 0.2) is 42.5 Å². The lowest BCUT2D eigenvalue weighted by molar-refractivity contribution is -0.117. The van der Waals surface area contributed by atoms with Gasteiger partial charge in [-0.1, -0.05) is 35.9 Å². The van der Waals surface area contributed by atoms with E-state index in [4.69, 9.17) is 0 Å².